The summed E-state index contributed by atoms with van der Waals surface area (Å²) in [4.78, 5) is 13.3. The van der Waals surface area contributed by atoms with Crippen LogP contribution < -0.4 is 14.8 Å². The molecule has 2 saturated carbocycles. The first-order valence-corrected chi connectivity index (χ1v) is 9.77. The molecule has 1 aromatic carbocycles. The Morgan fingerprint density at radius 2 is 1.77 bits per heavy atom. The smallest absolute Gasteiger partial charge is 0.230 e. The maximum Gasteiger partial charge on any atom is 0.230 e. The molecule has 2 N–H and O–H groups in total. The van der Waals surface area contributed by atoms with E-state index in [9.17, 15) is 9.90 Å². The lowest BCUT2D eigenvalue weighted by Crippen LogP contribution is -2.48. The molecule has 1 amide bonds. The molecule has 5 nitrogen and oxygen atoms in total. The van der Waals surface area contributed by atoms with E-state index in [4.69, 9.17) is 9.47 Å². The van der Waals surface area contributed by atoms with Crippen LogP contribution in [-0.2, 0) is 10.2 Å². The van der Waals surface area contributed by atoms with E-state index in [2.05, 4.69) is 5.32 Å². The first-order chi connectivity index (χ1) is 12.6. The second-order valence-electron chi connectivity index (χ2n) is 7.73. The fraction of sp³-hybridized carbons (Fsp3) is 0.667. The number of aliphatic hydroxyl groups is 1. The molecule has 0 bridgehead atoms. The molecule has 0 atom stereocenters. The third kappa shape index (κ3) is 3.68. The van der Waals surface area contributed by atoms with Crippen LogP contribution in [0.4, 0.5) is 0 Å². The second-order valence-corrected chi connectivity index (χ2v) is 7.73. The van der Waals surface area contributed by atoms with Crippen molar-refractivity contribution < 1.29 is 19.4 Å². The monoisotopic (exact) mass is 361 g/mol. The fourth-order valence-electron chi connectivity index (χ4n) is 4.57. The number of nitrogens with one attached hydrogen (secondary N) is 1. The lowest BCUT2D eigenvalue weighted by molar-refractivity contribution is -0.127. The van der Waals surface area contributed by atoms with Crippen LogP contribution in [0.5, 0.6) is 11.5 Å². The van der Waals surface area contributed by atoms with Gasteiger partial charge in [-0.2, -0.15) is 0 Å². The topological polar surface area (TPSA) is 67.8 Å². The summed E-state index contributed by atoms with van der Waals surface area (Å²) in [5.74, 6) is 1.91. The molecule has 0 heterocycles. The fourth-order valence-corrected chi connectivity index (χ4v) is 4.57. The SMILES string of the molecule is COc1ccc(C2(C(=O)NC3CCC(CO)CC3)CCCC2)cc1OC. The molecule has 0 saturated heterocycles. The minimum atomic E-state index is -0.465. The Labute approximate surface area is 156 Å². The van der Waals surface area contributed by atoms with Crippen LogP contribution >= 0.6 is 0 Å². The summed E-state index contributed by atoms with van der Waals surface area (Å²) in [7, 11) is 3.25. The summed E-state index contributed by atoms with van der Waals surface area (Å²) < 4.78 is 10.8. The van der Waals surface area contributed by atoms with Crippen LogP contribution in [0.15, 0.2) is 18.2 Å². The summed E-state index contributed by atoms with van der Waals surface area (Å²) in [5.41, 5.74) is 0.557. The average molecular weight is 361 g/mol. The molecule has 2 aliphatic carbocycles. The van der Waals surface area contributed by atoms with E-state index in [0.717, 1.165) is 56.9 Å². The highest BCUT2D eigenvalue weighted by Gasteiger charge is 2.43. The lowest BCUT2D eigenvalue weighted by atomic mass is 9.77. The van der Waals surface area contributed by atoms with E-state index in [1.54, 1.807) is 14.2 Å². The molecule has 0 unspecified atom stereocenters. The van der Waals surface area contributed by atoms with Crippen LogP contribution in [-0.4, -0.2) is 37.9 Å². The Morgan fingerprint density at radius 1 is 1.12 bits per heavy atom. The highest BCUT2D eigenvalue weighted by molar-refractivity contribution is 5.89. The molecule has 2 fully saturated rings. The second kappa shape index (κ2) is 8.30. The number of carbonyl (C=O) groups excluding carboxylic acids is 1. The van der Waals surface area contributed by atoms with Crippen molar-refractivity contribution in [3.8, 4) is 11.5 Å². The summed E-state index contributed by atoms with van der Waals surface area (Å²) in [6, 6.07) is 6.10. The Kier molecular flexibility index (Phi) is 6.07. The molecule has 1 aromatic rings. The Morgan fingerprint density at radius 3 is 2.35 bits per heavy atom. The van der Waals surface area contributed by atoms with Gasteiger partial charge in [-0.15, -0.1) is 0 Å². The minimum absolute atomic E-state index is 0.148. The van der Waals surface area contributed by atoms with Crippen LogP contribution in [0.2, 0.25) is 0 Å². The van der Waals surface area contributed by atoms with Crippen molar-refractivity contribution in [2.45, 2.75) is 62.8 Å². The summed E-state index contributed by atoms with van der Waals surface area (Å²) in [6.45, 7) is 0.260. The highest BCUT2D eigenvalue weighted by atomic mass is 16.5. The Bertz CT molecular complexity index is 616. The predicted octanol–water partition coefficient (Wildman–Crippen LogP) is 3.18. The number of benzene rings is 1. The van der Waals surface area contributed by atoms with E-state index in [1.807, 2.05) is 18.2 Å². The molecule has 0 aromatic heterocycles. The first kappa shape index (κ1) is 19.0. The van der Waals surface area contributed by atoms with Crippen molar-refractivity contribution in [3.63, 3.8) is 0 Å². The number of carbonyl (C=O) groups is 1. The molecule has 0 spiro atoms. The highest BCUT2D eigenvalue weighted by Crippen LogP contribution is 2.44. The molecule has 26 heavy (non-hydrogen) atoms. The van der Waals surface area contributed by atoms with Crippen molar-refractivity contribution >= 4 is 5.91 Å². The summed E-state index contributed by atoms with van der Waals surface area (Å²) >= 11 is 0. The number of rotatable bonds is 6. The number of methoxy groups -OCH3 is 2. The standard InChI is InChI=1S/C21H31NO4/c1-25-18-10-7-16(13-19(18)26-2)21(11-3-4-12-21)20(24)22-17-8-5-15(14-23)6-9-17/h7,10,13,15,17,23H,3-6,8-9,11-12,14H2,1-2H3,(H,22,24). The maximum absolute atomic E-state index is 13.3. The van der Waals surface area contributed by atoms with Crippen LogP contribution in [0, 0.1) is 5.92 Å². The van der Waals surface area contributed by atoms with Crippen molar-refractivity contribution in [2.24, 2.45) is 5.92 Å². The predicted molar refractivity (Wildman–Crippen MR) is 101 cm³/mol. The van der Waals surface area contributed by atoms with Gasteiger partial charge in [-0.25, -0.2) is 0 Å². The molecule has 5 heteroatoms. The van der Waals surface area contributed by atoms with Gasteiger partial charge in [0, 0.05) is 12.6 Å². The number of hydrogen-bond donors (Lipinski definition) is 2. The van der Waals surface area contributed by atoms with Crippen LogP contribution in [0.3, 0.4) is 0 Å². The number of ether oxygens (including phenoxy) is 2. The first-order valence-electron chi connectivity index (χ1n) is 9.77. The van der Waals surface area contributed by atoms with Gasteiger partial charge in [0.25, 0.3) is 0 Å². The van der Waals surface area contributed by atoms with E-state index in [-0.39, 0.29) is 18.6 Å². The quantitative estimate of drug-likeness (QED) is 0.817. The van der Waals surface area contributed by atoms with Crippen LogP contribution in [0.25, 0.3) is 0 Å². The lowest BCUT2D eigenvalue weighted by Gasteiger charge is -2.34. The Hall–Kier alpha value is -1.75. The normalized spacial score (nSPS) is 24.9. The third-order valence-corrected chi connectivity index (χ3v) is 6.27. The van der Waals surface area contributed by atoms with Crippen molar-refractivity contribution in [2.75, 3.05) is 20.8 Å². The number of aliphatic hydroxyl groups excluding tert-OH is 1. The molecule has 3 rings (SSSR count). The third-order valence-electron chi connectivity index (χ3n) is 6.27. The molecule has 2 aliphatic rings. The molecule has 0 aliphatic heterocycles. The van der Waals surface area contributed by atoms with Crippen molar-refractivity contribution in [1.82, 2.24) is 5.32 Å². The van der Waals surface area contributed by atoms with Crippen molar-refractivity contribution in [1.29, 1.82) is 0 Å². The van der Waals surface area contributed by atoms with Gasteiger partial charge in [-0.05, 0) is 62.1 Å². The zero-order chi connectivity index (χ0) is 18.6. The maximum atomic E-state index is 13.3. The van der Waals surface area contributed by atoms with Gasteiger partial charge < -0.3 is 19.9 Å². The van der Waals surface area contributed by atoms with Crippen molar-refractivity contribution in [3.05, 3.63) is 23.8 Å². The van der Waals surface area contributed by atoms with Crippen LogP contribution in [0.1, 0.15) is 56.9 Å². The van der Waals surface area contributed by atoms with E-state index in [1.165, 1.54) is 0 Å². The van der Waals surface area contributed by atoms with Gasteiger partial charge in [-0.1, -0.05) is 18.9 Å². The molecular weight excluding hydrogens is 330 g/mol. The molecular formula is C21H31NO4. The van der Waals surface area contributed by atoms with Gasteiger partial charge in [0.2, 0.25) is 5.91 Å². The van der Waals surface area contributed by atoms with Gasteiger partial charge in [0.15, 0.2) is 11.5 Å². The van der Waals surface area contributed by atoms with Gasteiger partial charge in [-0.3, -0.25) is 4.79 Å². The number of amides is 1. The van der Waals surface area contributed by atoms with E-state index >= 15 is 0 Å². The van der Waals surface area contributed by atoms with Gasteiger partial charge in [0.05, 0.1) is 19.6 Å². The average Bonchev–Trinajstić information content (AvgIpc) is 3.19. The van der Waals surface area contributed by atoms with E-state index < -0.39 is 5.41 Å². The summed E-state index contributed by atoms with van der Waals surface area (Å²) in [6.07, 6.45) is 7.78. The van der Waals surface area contributed by atoms with E-state index in [0.29, 0.717) is 17.4 Å². The summed E-state index contributed by atoms with van der Waals surface area (Å²) in [5, 5.41) is 12.6. The Balaban J connectivity index is 1.78. The van der Waals surface area contributed by atoms with Gasteiger partial charge in [0.1, 0.15) is 0 Å². The molecule has 144 valence electrons. The zero-order valence-corrected chi connectivity index (χ0v) is 15.9. The number of hydrogen-bond acceptors (Lipinski definition) is 4. The molecule has 0 radical (unpaired) electrons. The van der Waals surface area contributed by atoms with Gasteiger partial charge >= 0.3 is 0 Å². The minimum Gasteiger partial charge on any atom is -0.493 e. The zero-order valence-electron chi connectivity index (χ0n) is 15.9. The largest absolute Gasteiger partial charge is 0.493 e.